The van der Waals surface area contributed by atoms with Gasteiger partial charge in [0.25, 0.3) is 0 Å². The molecule has 0 aliphatic heterocycles. The van der Waals surface area contributed by atoms with Crippen LogP contribution >= 0.6 is 0 Å². The number of nitrogens with one attached hydrogen (secondary N) is 1. The van der Waals surface area contributed by atoms with E-state index in [1.54, 1.807) is 7.11 Å². The van der Waals surface area contributed by atoms with Crippen LogP contribution in [0, 0.1) is 5.92 Å². The van der Waals surface area contributed by atoms with Gasteiger partial charge in [0, 0.05) is 33.3 Å². The number of nitrogens with zero attached hydrogens (tertiary/aromatic N) is 1. The normalized spacial score (nSPS) is 19.3. The topological polar surface area (TPSA) is 44.7 Å². The molecule has 0 aromatic rings. The van der Waals surface area contributed by atoms with Gasteiger partial charge in [0.05, 0.1) is 12.7 Å². The molecular weight excluding hydrogens is 228 g/mol. The van der Waals surface area contributed by atoms with Gasteiger partial charge < -0.3 is 20.1 Å². The van der Waals surface area contributed by atoms with Crippen molar-refractivity contribution in [1.29, 1.82) is 0 Å². The molecule has 0 bridgehead atoms. The summed E-state index contributed by atoms with van der Waals surface area (Å²) in [4.78, 5) is 2.28. The number of aliphatic hydroxyl groups excluding tert-OH is 1. The Hall–Kier alpha value is -0.160. The molecule has 0 aromatic heterocycles. The van der Waals surface area contributed by atoms with Gasteiger partial charge in [-0.15, -0.1) is 0 Å². The molecule has 0 heterocycles. The molecule has 4 nitrogen and oxygen atoms in total. The third kappa shape index (κ3) is 7.31. The van der Waals surface area contributed by atoms with Gasteiger partial charge in [-0.25, -0.2) is 0 Å². The molecule has 1 saturated carbocycles. The fourth-order valence-electron chi connectivity index (χ4n) is 2.75. The highest BCUT2D eigenvalue weighted by Gasteiger charge is 2.16. The molecule has 2 N–H and O–H groups in total. The second kappa shape index (κ2) is 9.73. The first-order valence-corrected chi connectivity index (χ1v) is 7.28. The molecule has 0 radical (unpaired) electrons. The van der Waals surface area contributed by atoms with Crippen LogP contribution in [0.2, 0.25) is 0 Å². The van der Waals surface area contributed by atoms with E-state index in [2.05, 4.69) is 17.3 Å². The SMILES string of the molecule is COCCNCC(O)CN(C)CC1CCCCC1. The lowest BCUT2D eigenvalue weighted by Crippen LogP contribution is -2.39. The first-order chi connectivity index (χ1) is 8.72. The molecular formula is C14H30N2O2. The summed E-state index contributed by atoms with van der Waals surface area (Å²) in [7, 11) is 3.81. The Bertz CT molecular complexity index is 196. The first kappa shape index (κ1) is 15.9. The lowest BCUT2D eigenvalue weighted by Gasteiger charge is -2.28. The molecule has 0 amide bonds. The molecule has 0 aromatic carbocycles. The summed E-state index contributed by atoms with van der Waals surface area (Å²) in [6, 6.07) is 0. The van der Waals surface area contributed by atoms with Crippen LogP contribution in [0.5, 0.6) is 0 Å². The fraction of sp³-hybridized carbons (Fsp3) is 1.00. The minimum absolute atomic E-state index is 0.282. The van der Waals surface area contributed by atoms with Crippen molar-refractivity contribution in [3.8, 4) is 0 Å². The fourth-order valence-corrected chi connectivity index (χ4v) is 2.75. The molecule has 0 saturated heterocycles. The van der Waals surface area contributed by atoms with E-state index in [0.29, 0.717) is 13.2 Å². The minimum Gasteiger partial charge on any atom is -0.390 e. The molecule has 108 valence electrons. The van der Waals surface area contributed by atoms with E-state index in [1.165, 1.54) is 32.1 Å². The maximum atomic E-state index is 9.90. The molecule has 18 heavy (non-hydrogen) atoms. The van der Waals surface area contributed by atoms with Crippen LogP contribution in [0.25, 0.3) is 0 Å². The number of hydrogen-bond donors (Lipinski definition) is 2. The Labute approximate surface area is 112 Å². The summed E-state index contributed by atoms with van der Waals surface area (Å²) in [6.45, 7) is 4.05. The van der Waals surface area contributed by atoms with E-state index >= 15 is 0 Å². The maximum Gasteiger partial charge on any atom is 0.0791 e. The third-order valence-corrected chi connectivity index (χ3v) is 3.68. The van der Waals surface area contributed by atoms with E-state index in [-0.39, 0.29) is 6.10 Å². The van der Waals surface area contributed by atoms with Gasteiger partial charge in [-0.3, -0.25) is 0 Å². The number of ether oxygens (including phenoxy) is 1. The average molecular weight is 258 g/mol. The van der Waals surface area contributed by atoms with Crippen LogP contribution in [0.1, 0.15) is 32.1 Å². The van der Waals surface area contributed by atoms with Crippen molar-refractivity contribution in [3.05, 3.63) is 0 Å². The Morgan fingerprint density at radius 3 is 2.72 bits per heavy atom. The largest absolute Gasteiger partial charge is 0.390 e. The molecule has 1 atom stereocenters. The van der Waals surface area contributed by atoms with Gasteiger partial charge in [0.15, 0.2) is 0 Å². The predicted octanol–water partition coefficient (Wildman–Crippen LogP) is 1.10. The van der Waals surface area contributed by atoms with Crippen molar-refractivity contribution in [2.24, 2.45) is 5.92 Å². The molecule has 1 fully saturated rings. The Morgan fingerprint density at radius 2 is 2.06 bits per heavy atom. The maximum absolute atomic E-state index is 9.90. The highest BCUT2D eigenvalue weighted by molar-refractivity contribution is 4.71. The van der Waals surface area contributed by atoms with Crippen LogP contribution < -0.4 is 5.32 Å². The van der Waals surface area contributed by atoms with Gasteiger partial charge in [-0.1, -0.05) is 19.3 Å². The number of methoxy groups -OCH3 is 1. The minimum atomic E-state index is -0.282. The van der Waals surface area contributed by atoms with Crippen molar-refractivity contribution >= 4 is 0 Å². The van der Waals surface area contributed by atoms with Crippen molar-refractivity contribution < 1.29 is 9.84 Å². The van der Waals surface area contributed by atoms with Crippen LogP contribution in [0.15, 0.2) is 0 Å². The zero-order chi connectivity index (χ0) is 13.2. The van der Waals surface area contributed by atoms with Crippen LogP contribution in [0.3, 0.4) is 0 Å². The second-order valence-electron chi connectivity index (χ2n) is 5.58. The van der Waals surface area contributed by atoms with Crippen LogP contribution in [-0.2, 0) is 4.74 Å². The Balaban J connectivity index is 2.04. The second-order valence-corrected chi connectivity index (χ2v) is 5.58. The molecule has 0 spiro atoms. The van der Waals surface area contributed by atoms with Gasteiger partial charge in [-0.2, -0.15) is 0 Å². The van der Waals surface area contributed by atoms with Crippen molar-refractivity contribution in [2.45, 2.75) is 38.2 Å². The van der Waals surface area contributed by atoms with Gasteiger partial charge in [0.2, 0.25) is 0 Å². The zero-order valence-electron chi connectivity index (χ0n) is 12.0. The summed E-state index contributed by atoms with van der Waals surface area (Å²) in [6.07, 6.45) is 6.64. The van der Waals surface area contributed by atoms with E-state index in [4.69, 9.17) is 4.74 Å². The Morgan fingerprint density at radius 1 is 1.33 bits per heavy atom. The smallest absolute Gasteiger partial charge is 0.0791 e. The summed E-state index contributed by atoms with van der Waals surface area (Å²) in [5.41, 5.74) is 0. The van der Waals surface area contributed by atoms with E-state index in [1.807, 2.05) is 0 Å². The number of rotatable bonds is 9. The van der Waals surface area contributed by atoms with Crippen LogP contribution in [-0.4, -0.2) is 63.1 Å². The molecule has 1 aliphatic rings. The Kier molecular flexibility index (Phi) is 8.59. The lowest BCUT2D eigenvalue weighted by atomic mass is 9.89. The van der Waals surface area contributed by atoms with E-state index in [9.17, 15) is 5.11 Å². The molecule has 4 heteroatoms. The highest BCUT2D eigenvalue weighted by atomic mass is 16.5. The van der Waals surface area contributed by atoms with Gasteiger partial charge in [-0.05, 0) is 25.8 Å². The lowest BCUT2D eigenvalue weighted by molar-refractivity contribution is 0.108. The highest BCUT2D eigenvalue weighted by Crippen LogP contribution is 2.23. The standard InChI is InChI=1S/C14H30N2O2/c1-16(11-13-6-4-3-5-7-13)12-14(17)10-15-8-9-18-2/h13-15,17H,3-12H2,1-2H3. The predicted molar refractivity (Wildman–Crippen MR) is 74.8 cm³/mol. The van der Waals surface area contributed by atoms with Crippen molar-refractivity contribution in [1.82, 2.24) is 10.2 Å². The van der Waals surface area contributed by atoms with E-state index < -0.39 is 0 Å². The zero-order valence-corrected chi connectivity index (χ0v) is 12.0. The van der Waals surface area contributed by atoms with Gasteiger partial charge >= 0.3 is 0 Å². The molecule has 1 unspecified atom stereocenters. The first-order valence-electron chi connectivity index (χ1n) is 7.28. The van der Waals surface area contributed by atoms with Crippen LogP contribution in [0.4, 0.5) is 0 Å². The number of aliphatic hydroxyl groups is 1. The quantitative estimate of drug-likeness (QED) is 0.608. The summed E-state index contributed by atoms with van der Waals surface area (Å²) >= 11 is 0. The summed E-state index contributed by atoms with van der Waals surface area (Å²) in [5, 5.41) is 13.1. The summed E-state index contributed by atoms with van der Waals surface area (Å²) in [5.74, 6) is 0.845. The van der Waals surface area contributed by atoms with Crippen molar-refractivity contribution in [2.75, 3.05) is 46.9 Å². The molecule has 1 aliphatic carbocycles. The van der Waals surface area contributed by atoms with Crippen molar-refractivity contribution in [3.63, 3.8) is 0 Å². The summed E-state index contributed by atoms with van der Waals surface area (Å²) < 4.78 is 4.95. The molecule has 1 rings (SSSR count). The monoisotopic (exact) mass is 258 g/mol. The number of hydrogen-bond acceptors (Lipinski definition) is 4. The van der Waals surface area contributed by atoms with E-state index in [0.717, 1.165) is 25.6 Å². The average Bonchev–Trinajstić information content (AvgIpc) is 2.35. The van der Waals surface area contributed by atoms with Gasteiger partial charge in [0.1, 0.15) is 0 Å². The number of likely N-dealkylation sites (N-methyl/N-ethyl adjacent to an activating group) is 1. The third-order valence-electron chi connectivity index (χ3n) is 3.68.